The van der Waals surface area contributed by atoms with Crippen LogP contribution in [0, 0.1) is 0 Å². The van der Waals surface area contributed by atoms with E-state index >= 15 is 0 Å². The maximum absolute atomic E-state index is 11.6. The SMILES string of the molecule is CN(C)C(=O)CO[C@H]1CSC2(C1)CN(Cc1cccnc1)C2. The van der Waals surface area contributed by atoms with Gasteiger partial charge in [-0.15, -0.1) is 11.8 Å². The van der Waals surface area contributed by atoms with Gasteiger partial charge >= 0.3 is 0 Å². The molecule has 3 heterocycles. The maximum Gasteiger partial charge on any atom is 0.248 e. The predicted molar refractivity (Wildman–Crippen MR) is 87.8 cm³/mol. The Labute approximate surface area is 136 Å². The Morgan fingerprint density at radius 2 is 2.36 bits per heavy atom. The van der Waals surface area contributed by atoms with Crippen molar-refractivity contribution in [3.8, 4) is 0 Å². The van der Waals surface area contributed by atoms with Crippen LogP contribution in [0.2, 0.25) is 0 Å². The van der Waals surface area contributed by atoms with Crippen molar-refractivity contribution < 1.29 is 9.53 Å². The van der Waals surface area contributed by atoms with E-state index in [0.717, 1.165) is 31.8 Å². The molecule has 1 spiro atoms. The van der Waals surface area contributed by atoms with Gasteiger partial charge in [-0.3, -0.25) is 14.7 Å². The summed E-state index contributed by atoms with van der Waals surface area (Å²) in [5, 5.41) is 0. The summed E-state index contributed by atoms with van der Waals surface area (Å²) < 4.78 is 6.11. The first-order chi connectivity index (χ1) is 10.6. The Hall–Kier alpha value is -1.11. The molecule has 120 valence electrons. The first-order valence-electron chi connectivity index (χ1n) is 7.63. The zero-order valence-corrected chi connectivity index (χ0v) is 14.0. The van der Waals surface area contributed by atoms with E-state index in [1.165, 1.54) is 5.56 Å². The highest BCUT2D eigenvalue weighted by Gasteiger charge is 2.49. The Bertz CT molecular complexity index is 517. The fourth-order valence-corrected chi connectivity index (χ4v) is 4.68. The van der Waals surface area contributed by atoms with Crippen molar-refractivity contribution in [1.29, 1.82) is 0 Å². The number of carbonyl (C=O) groups is 1. The molecule has 6 heteroatoms. The first-order valence-corrected chi connectivity index (χ1v) is 8.62. The van der Waals surface area contributed by atoms with Crippen molar-refractivity contribution in [3.63, 3.8) is 0 Å². The van der Waals surface area contributed by atoms with Gasteiger partial charge in [0.15, 0.2) is 0 Å². The minimum Gasteiger partial charge on any atom is -0.367 e. The molecule has 2 saturated heterocycles. The summed E-state index contributed by atoms with van der Waals surface area (Å²) in [4.78, 5) is 19.8. The highest BCUT2D eigenvalue weighted by Crippen LogP contribution is 2.46. The molecule has 2 aliphatic rings. The van der Waals surface area contributed by atoms with Crippen LogP contribution in [0.25, 0.3) is 0 Å². The average Bonchev–Trinajstić information content (AvgIpc) is 2.90. The molecule has 0 aliphatic carbocycles. The van der Waals surface area contributed by atoms with Crippen LogP contribution in [0.3, 0.4) is 0 Å². The van der Waals surface area contributed by atoms with Crippen molar-refractivity contribution in [1.82, 2.24) is 14.8 Å². The topological polar surface area (TPSA) is 45.7 Å². The molecule has 2 aliphatic heterocycles. The summed E-state index contributed by atoms with van der Waals surface area (Å²) >= 11 is 2.01. The molecule has 0 unspecified atom stereocenters. The third kappa shape index (κ3) is 3.62. The van der Waals surface area contributed by atoms with Crippen molar-refractivity contribution >= 4 is 17.7 Å². The lowest BCUT2D eigenvalue weighted by molar-refractivity contribution is -0.135. The van der Waals surface area contributed by atoms with Crippen molar-refractivity contribution in [2.75, 3.05) is 39.5 Å². The van der Waals surface area contributed by atoms with Crippen LogP contribution in [0.5, 0.6) is 0 Å². The van der Waals surface area contributed by atoms with E-state index < -0.39 is 0 Å². The average molecular weight is 321 g/mol. The quantitative estimate of drug-likeness (QED) is 0.817. The molecule has 0 bridgehead atoms. The van der Waals surface area contributed by atoms with Gasteiger partial charge in [0.25, 0.3) is 0 Å². The molecule has 0 aromatic carbocycles. The van der Waals surface area contributed by atoms with Crippen LogP contribution in [0.1, 0.15) is 12.0 Å². The summed E-state index contributed by atoms with van der Waals surface area (Å²) in [6.45, 7) is 3.39. The number of hydrogen-bond donors (Lipinski definition) is 0. The van der Waals surface area contributed by atoms with Crippen LogP contribution in [0.4, 0.5) is 0 Å². The third-order valence-corrected chi connectivity index (χ3v) is 5.84. The minimum absolute atomic E-state index is 0.0396. The zero-order valence-electron chi connectivity index (χ0n) is 13.2. The number of nitrogens with zero attached hydrogens (tertiary/aromatic N) is 3. The molecule has 1 aromatic heterocycles. The lowest BCUT2D eigenvalue weighted by Crippen LogP contribution is -2.58. The molecule has 5 nitrogen and oxygen atoms in total. The summed E-state index contributed by atoms with van der Waals surface area (Å²) in [5.41, 5.74) is 1.27. The van der Waals surface area contributed by atoms with Gasteiger partial charge in [0.05, 0.1) is 6.10 Å². The summed E-state index contributed by atoms with van der Waals surface area (Å²) in [6.07, 6.45) is 5.02. The normalized spacial score (nSPS) is 23.5. The van der Waals surface area contributed by atoms with Gasteiger partial charge in [0, 0.05) is 56.6 Å². The van der Waals surface area contributed by atoms with E-state index in [2.05, 4.69) is 16.0 Å². The number of hydrogen-bond acceptors (Lipinski definition) is 5. The van der Waals surface area contributed by atoms with Gasteiger partial charge in [-0.25, -0.2) is 0 Å². The minimum atomic E-state index is 0.0396. The number of rotatable bonds is 5. The Morgan fingerprint density at radius 1 is 1.55 bits per heavy atom. The van der Waals surface area contributed by atoms with Crippen LogP contribution in [0.15, 0.2) is 24.5 Å². The van der Waals surface area contributed by atoms with E-state index in [0.29, 0.717) is 4.75 Å². The number of pyridine rings is 1. The highest BCUT2D eigenvalue weighted by molar-refractivity contribution is 8.01. The molecular formula is C16H23N3O2S. The van der Waals surface area contributed by atoms with Gasteiger partial charge < -0.3 is 9.64 Å². The Kier molecular flexibility index (Phi) is 4.70. The zero-order chi connectivity index (χ0) is 15.6. The number of likely N-dealkylation sites (tertiary alicyclic amines) is 1. The fourth-order valence-electron chi connectivity index (χ4n) is 3.08. The Morgan fingerprint density at radius 3 is 3.05 bits per heavy atom. The second-order valence-corrected chi connectivity index (χ2v) is 7.91. The number of amides is 1. The molecule has 22 heavy (non-hydrogen) atoms. The van der Waals surface area contributed by atoms with Gasteiger partial charge in [0.1, 0.15) is 6.61 Å². The molecule has 1 atom stereocenters. The first kappa shape index (κ1) is 15.8. The number of aromatic nitrogens is 1. The van der Waals surface area contributed by atoms with E-state index in [4.69, 9.17) is 4.74 Å². The van der Waals surface area contributed by atoms with Crippen molar-refractivity contribution in [2.45, 2.75) is 23.8 Å². The number of ether oxygens (including phenoxy) is 1. The number of carbonyl (C=O) groups excluding carboxylic acids is 1. The van der Waals surface area contributed by atoms with Gasteiger partial charge in [-0.2, -0.15) is 0 Å². The van der Waals surface area contributed by atoms with Crippen LogP contribution in [-0.4, -0.2) is 71.1 Å². The van der Waals surface area contributed by atoms with E-state index in [-0.39, 0.29) is 18.6 Å². The smallest absolute Gasteiger partial charge is 0.248 e. The monoisotopic (exact) mass is 321 g/mol. The number of likely N-dealkylation sites (N-methyl/N-ethyl adjacent to an activating group) is 1. The van der Waals surface area contributed by atoms with Gasteiger partial charge in [-0.1, -0.05) is 6.07 Å². The molecule has 1 aromatic rings. The largest absolute Gasteiger partial charge is 0.367 e. The third-order valence-electron chi connectivity index (χ3n) is 4.27. The van der Waals surface area contributed by atoms with Crippen molar-refractivity contribution in [2.24, 2.45) is 0 Å². The molecular weight excluding hydrogens is 298 g/mol. The molecule has 1 amide bonds. The van der Waals surface area contributed by atoms with Crippen LogP contribution < -0.4 is 0 Å². The highest BCUT2D eigenvalue weighted by atomic mass is 32.2. The van der Waals surface area contributed by atoms with Crippen molar-refractivity contribution in [3.05, 3.63) is 30.1 Å². The van der Waals surface area contributed by atoms with Gasteiger partial charge in [0.2, 0.25) is 5.91 Å². The fraction of sp³-hybridized carbons (Fsp3) is 0.625. The maximum atomic E-state index is 11.6. The summed E-state index contributed by atoms with van der Waals surface area (Å²) in [6, 6.07) is 4.11. The summed E-state index contributed by atoms with van der Waals surface area (Å²) in [7, 11) is 3.53. The molecule has 0 N–H and O–H groups in total. The lowest BCUT2D eigenvalue weighted by atomic mass is 9.92. The molecule has 0 saturated carbocycles. The number of thioether (sulfide) groups is 1. The predicted octanol–water partition coefficient (Wildman–Crippen LogP) is 1.25. The van der Waals surface area contributed by atoms with Crippen LogP contribution >= 0.6 is 11.8 Å². The second-order valence-electron chi connectivity index (χ2n) is 6.43. The lowest BCUT2D eigenvalue weighted by Gasteiger charge is -2.47. The molecule has 3 rings (SSSR count). The molecule has 2 fully saturated rings. The van der Waals surface area contributed by atoms with E-state index in [1.54, 1.807) is 19.0 Å². The Balaban J connectivity index is 1.41. The van der Waals surface area contributed by atoms with E-state index in [9.17, 15) is 4.79 Å². The summed E-state index contributed by atoms with van der Waals surface area (Å²) in [5.74, 6) is 1.04. The van der Waals surface area contributed by atoms with Crippen LogP contribution in [-0.2, 0) is 16.1 Å². The van der Waals surface area contributed by atoms with Gasteiger partial charge in [-0.05, 0) is 18.1 Å². The standard InChI is InChI=1S/C16H23N3O2S/c1-18(2)15(20)9-21-14-6-16(22-10-14)11-19(12-16)8-13-4-3-5-17-7-13/h3-5,7,14H,6,8-12H2,1-2H3/t14-/m1/s1. The second kappa shape index (κ2) is 6.56. The van der Waals surface area contributed by atoms with E-state index in [1.807, 2.05) is 30.2 Å². The molecule has 0 radical (unpaired) electrons.